The minimum absolute atomic E-state index is 0.0398. The number of halogens is 4. The molecule has 0 saturated heterocycles. The summed E-state index contributed by atoms with van der Waals surface area (Å²) >= 11 is 5.59. The molecule has 0 fully saturated rings. The van der Waals surface area contributed by atoms with Crippen LogP contribution in [0.2, 0.25) is 5.02 Å². The van der Waals surface area contributed by atoms with E-state index in [1.54, 1.807) is 0 Å². The number of aryl methyl sites for hydroxylation is 1. The van der Waals surface area contributed by atoms with Gasteiger partial charge in [0.05, 0.1) is 11.3 Å². The Labute approximate surface area is 83.8 Å². The van der Waals surface area contributed by atoms with Gasteiger partial charge in [-0.05, 0) is 24.6 Å². The minimum Gasteiger partial charge on any atom is -0.323 e. The lowest BCUT2D eigenvalue weighted by Gasteiger charge is -2.15. The van der Waals surface area contributed by atoms with Crippen molar-refractivity contribution in [3.05, 3.63) is 28.3 Å². The van der Waals surface area contributed by atoms with E-state index in [0.29, 0.717) is 0 Å². The molecule has 0 atom stereocenters. The van der Waals surface area contributed by atoms with Crippen LogP contribution in [-0.2, 0) is 6.18 Å². The molecule has 0 heterocycles. The molecule has 0 aliphatic carbocycles. The fraction of sp³-hybridized carbons (Fsp3) is 0.250. The fourth-order valence-electron chi connectivity index (χ4n) is 1.23. The molecule has 14 heavy (non-hydrogen) atoms. The summed E-state index contributed by atoms with van der Waals surface area (Å²) in [7, 11) is 0. The minimum atomic E-state index is -4.43. The van der Waals surface area contributed by atoms with Crippen LogP contribution in [0.3, 0.4) is 0 Å². The Morgan fingerprint density at radius 2 is 1.93 bits per heavy atom. The normalized spacial score (nSPS) is 11.6. The molecule has 2 nitrogen and oxygen atoms in total. The number of benzene rings is 1. The van der Waals surface area contributed by atoms with Gasteiger partial charge in [0.15, 0.2) is 0 Å². The molecule has 0 unspecified atom stereocenters. The Bertz CT molecular complexity index is 349. The molecule has 1 aromatic rings. The van der Waals surface area contributed by atoms with E-state index in [2.05, 4.69) is 0 Å². The second-order valence-electron chi connectivity index (χ2n) is 2.79. The third-order valence-corrected chi connectivity index (χ3v) is 1.96. The van der Waals surface area contributed by atoms with E-state index >= 15 is 0 Å². The van der Waals surface area contributed by atoms with Crippen molar-refractivity contribution in [1.29, 1.82) is 0 Å². The largest absolute Gasteiger partial charge is 0.418 e. The first-order chi connectivity index (χ1) is 6.36. The molecule has 0 aliphatic heterocycles. The van der Waals surface area contributed by atoms with Gasteiger partial charge in [-0.3, -0.25) is 5.84 Å². The maximum absolute atomic E-state index is 12.5. The topological polar surface area (TPSA) is 38.0 Å². The highest BCUT2D eigenvalue weighted by molar-refractivity contribution is 6.31. The van der Waals surface area contributed by atoms with Crippen molar-refractivity contribution in [2.45, 2.75) is 13.1 Å². The van der Waals surface area contributed by atoms with Crippen LogP contribution in [0.15, 0.2) is 12.1 Å². The van der Waals surface area contributed by atoms with Crippen LogP contribution in [0.4, 0.5) is 18.9 Å². The highest BCUT2D eigenvalue weighted by atomic mass is 35.5. The summed E-state index contributed by atoms with van der Waals surface area (Å²) in [5, 5.41) is 0.212. The zero-order valence-electron chi connectivity index (χ0n) is 7.24. The molecule has 1 rings (SSSR count). The summed E-state index contributed by atoms with van der Waals surface area (Å²) in [6.45, 7) is 1.33. The number of hydrazine groups is 1. The molecule has 0 aliphatic rings. The van der Waals surface area contributed by atoms with E-state index in [9.17, 15) is 13.2 Å². The molecule has 78 valence electrons. The van der Waals surface area contributed by atoms with E-state index in [4.69, 9.17) is 17.4 Å². The average molecular weight is 225 g/mol. The standard InChI is InChI=1S/C8H8ClF3N2/c1-4-2-5(9)3-6(14-13)7(4)8(10,11)12/h2-3,14H,13H2,1H3. The predicted molar refractivity (Wildman–Crippen MR) is 49.0 cm³/mol. The van der Waals surface area contributed by atoms with Gasteiger partial charge < -0.3 is 5.43 Å². The van der Waals surface area contributed by atoms with Gasteiger partial charge in [0.2, 0.25) is 0 Å². The van der Waals surface area contributed by atoms with Crippen LogP contribution in [0, 0.1) is 6.92 Å². The predicted octanol–water partition coefficient (Wildman–Crippen LogP) is 2.95. The molecule has 0 aromatic heterocycles. The number of anilines is 1. The molecule has 0 bridgehead atoms. The first-order valence-electron chi connectivity index (χ1n) is 3.70. The van der Waals surface area contributed by atoms with Crippen molar-refractivity contribution in [2.24, 2.45) is 5.84 Å². The number of alkyl halides is 3. The maximum Gasteiger partial charge on any atom is 0.418 e. The van der Waals surface area contributed by atoms with Gasteiger partial charge in [0, 0.05) is 5.02 Å². The lowest BCUT2D eigenvalue weighted by Crippen LogP contribution is -2.16. The third-order valence-electron chi connectivity index (χ3n) is 1.74. The van der Waals surface area contributed by atoms with Crippen LogP contribution < -0.4 is 11.3 Å². The van der Waals surface area contributed by atoms with Crippen molar-refractivity contribution in [1.82, 2.24) is 0 Å². The van der Waals surface area contributed by atoms with Gasteiger partial charge in [0.25, 0.3) is 0 Å². The smallest absolute Gasteiger partial charge is 0.323 e. The Morgan fingerprint density at radius 1 is 1.36 bits per heavy atom. The Kier molecular flexibility index (Phi) is 2.92. The van der Waals surface area contributed by atoms with Gasteiger partial charge in [-0.25, -0.2) is 0 Å². The second-order valence-corrected chi connectivity index (χ2v) is 3.22. The molecule has 0 amide bonds. The van der Waals surface area contributed by atoms with Crippen LogP contribution in [-0.4, -0.2) is 0 Å². The molecular weight excluding hydrogens is 217 g/mol. The third kappa shape index (κ3) is 2.10. The SMILES string of the molecule is Cc1cc(Cl)cc(NN)c1C(F)(F)F. The molecule has 6 heteroatoms. The van der Waals surface area contributed by atoms with Crippen molar-refractivity contribution in [2.75, 3.05) is 5.43 Å². The first kappa shape index (κ1) is 11.1. The molecule has 0 saturated carbocycles. The van der Waals surface area contributed by atoms with Gasteiger partial charge >= 0.3 is 6.18 Å². The fourth-order valence-corrected chi connectivity index (χ4v) is 1.51. The molecule has 0 radical (unpaired) electrons. The summed E-state index contributed by atoms with van der Waals surface area (Å²) < 4.78 is 37.5. The van der Waals surface area contributed by atoms with Gasteiger partial charge in [-0.2, -0.15) is 13.2 Å². The van der Waals surface area contributed by atoms with Crippen LogP contribution in [0.25, 0.3) is 0 Å². The monoisotopic (exact) mass is 224 g/mol. The maximum atomic E-state index is 12.5. The number of nitrogen functional groups attached to an aromatic ring is 1. The summed E-state index contributed by atoms with van der Waals surface area (Å²) in [6.07, 6.45) is -4.43. The van der Waals surface area contributed by atoms with E-state index in [1.807, 2.05) is 5.43 Å². The van der Waals surface area contributed by atoms with Gasteiger partial charge in [0.1, 0.15) is 0 Å². The van der Waals surface area contributed by atoms with Crippen molar-refractivity contribution >= 4 is 17.3 Å². The summed E-state index contributed by atoms with van der Waals surface area (Å²) in [5.41, 5.74) is 1.01. The number of hydrogen-bond donors (Lipinski definition) is 2. The number of nitrogens with two attached hydrogens (primary N) is 1. The van der Waals surface area contributed by atoms with E-state index < -0.39 is 11.7 Å². The molecule has 3 N–H and O–H groups in total. The van der Waals surface area contributed by atoms with E-state index in [1.165, 1.54) is 13.0 Å². The summed E-state index contributed by atoms with van der Waals surface area (Å²) in [4.78, 5) is 0. The lowest BCUT2D eigenvalue weighted by atomic mass is 10.1. The van der Waals surface area contributed by atoms with E-state index in [-0.39, 0.29) is 16.3 Å². The molecular formula is C8H8ClF3N2. The van der Waals surface area contributed by atoms with Crippen molar-refractivity contribution < 1.29 is 13.2 Å². The number of rotatable bonds is 1. The highest BCUT2D eigenvalue weighted by Crippen LogP contribution is 2.38. The van der Waals surface area contributed by atoms with Gasteiger partial charge in [-0.15, -0.1) is 0 Å². The Hall–Kier alpha value is -0.940. The number of hydrogen-bond acceptors (Lipinski definition) is 2. The number of nitrogens with one attached hydrogen (secondary N) is 1. The van der Waals surface area contributed by atoms with E-state index in [0.717, 1.165) is 6.07 Å². The highest BCUT2D eigenvalue weighted by Gasteiger charge is 2.35. The molecule has 0 spiro atoms. The van der Waals surface area contributed by atoms with Crippen molar-refractivity contribution in [3.8, 4) is 0 Å². The zero-order chi connectivity index (χ0) is 10.9. The summed E-state index contributed by atoms with van der Waals surface area (Å²) in [6, 6.07) is 2.38. The second kappa shape index (κ2) is 3.67. The quantitative estimate of drug-likeness (QED) is 0.569. The molecule has 1 aromatic carbocycles. The van der Waals surface area contributed by atoms with Crippen LogP contribution >= 0.6 is 11.6 Å². The summed E-state index contributed by atoms with van der Waals surface area (Å²) in [5.74, 6) is 4.98. The van der Waals surface area contributed by atoms with Gasteiger partial charge in [-0.1, -0.05) is 11.6 Å². The lowest BCUT2D eigenvalue weighted by molar-refractivity contribution is -0.137. The van der Waals surface area contributed by atoms with Crippen LogP contribution in [0.5, 0.6) is 0 Å². The average Bonchev–Trinajstić information content (AvgIpc) is 1.99. The Morgan fingerprint density at radius 3 is 2.36 bits per heavy atom. The Balaban J connectivity index is 3.40. The van der Waals surface area contributed by atoms with Crippen LogP contribution in [0.1, 0.15) is 11.1 Å². The van der Waals surface area contributed by atoms with Crippen molar-refractivity contribution in [3.63, 3.8) is 0 Å². The zero-order valence-corrected chi connectivity index (χ0v) is 8.00. The first-order valence-corrected chi connectivity index (χ1v) is 4.08.